The largest absolute Gasteiger partial charge is 0.271 e. The second-order valence-electron chi connectivity index (χ2n) is 3.45. The first-order valence-corrected chi connectivity index (χ1v) is 4.86. The first-order valence-electron chi connectivity index (χ1n) is 4.86. The number of aromatic nitrogens is 3. The van der Waals surface area contributed by atoms with Gasteiger partial charge in [-0.1, -0.05) is 12.1 Å². The zero-order valence-electron chi connectivity index (χ0n) is 8.52. The summed E-state index contributed by atoms with van der Waals surface area (Å²) in [5.41, 5.74) is 4.18. The second-order valence-corrected chi connectivity index (χ2v) is 3.45. The van der Waals surface area contributed by atoms with Crippen LogP contribution in [-0.2, 0) is 6.42 Å². The average molecular weight is 221 g/mol. The standard InChI is InChI=1S/C10H12FN5/c11-8-3-1-2-7(4-8)5-9(14-12)10-6-13-16-15-10/h1-4,6,9,14H,5,12H2,(H,13,15,16). The van der Waals surface area contributed by atoms with E-state index in [2.05, 4.69) is 20.8 Å². The summed E-state index contributed by atoms with van der Waals surface area (Å²) in [4.78, 5) is 0. The number of hydrogen-bond acceptors (Lipinski definition) is 4. The number of hydrogen-bond donors (Lipinski definition) is 3. The van der Waals surface area contributed by atoms with Crippen LogP contribution < -0.4 is 11.3 Å². The number of nitrogens with two attached hydrogens (primary N) is 1. The molecule has 0 amide bonds. The summed E-state index contributed by atoms with van der Waals surface area (Å²) in [6.07, 6.45) is 2.14. The molecule has 4 N–H and O–H groups in total. The molecule has 1 atom stereocenters. The Labute approximate surface area is 91.8 Å². The monoisotopic (exact) mass is 221 g/mol. The number of aromatic amines is 1. The van der Waals surface area contributed by atoms with Crippen molar-refractivity contribution in [2.45, 2.75) is 12.5 Å². The quantitative estimate of drug-likeness (QED) is 0.524. The van der Waals surface area contributed by atoms with Gasteiger partial charge in [-0.05, 0) is 24.1 Å². The van der Waals surface area contributed by atoms with E-state index in [4.69, 9.17) is 5.84 Å². The van der Waals surface area contributed by atoms with E-state index < -0.39 is 0 Å². The molecule has 2 aromatic rings. The molecule has 0 saturated heterocycles. The molecule has 16 heavy (non-hydrogen) atoms. The summed E-state index contributed by atoms with van der Waals surface area (Å²) >= 11 is 0. The second kappa shape index (κ2) is 4.82. The van der Waals surface area contributed by atoms with Crippen LogP contribution in [0, 0.1) is 5.82 Å². The summed E-state index contributed by atoms with van der Waals surface area (Å²) in [6.45, 7) is 0. The highest BCUT2D eigenvalue weighted by atomic mass is 19.1. The molecule has 84 valence electrons. The average Bonchev–Trinajstić information content (AvgIpc) is 2.79. The fourth-order valence-corrected chi connectivity index (χ4v) is 1.53. The van der Waals surface area contributed by atoms with Crippen molar-refractivity contribution in [3.05, 3.63) is 47.5 Å². The van der Waals surface area contributed by atoms with Crippen LogP contribution in [0.2, 0.25) is 0 Å². The van der Waals surface area contributed by atoms with Gasteiger partial charge in [0.1, 0.15) is 11.5 Å². The molecule has 6 heteroatoms. The molecule has 1 unspecified atom stereocenters. The molecule has 0 fully saturated rings. The van der Waals surface area contributed by atoms with Crippen LogP contribution in [0.4, 0.5) is 4.39 Å². The highest BCUT2D eigenvalue weighted by Crippen LogP contribution is 2.15. The van der Waals surface area contributed by atoms with Gasteiger partial charge in [-0.3, -0.25) is 11.3 Å². The molecular formula is C10H12FN5. The SMILES string of the molecule is NNC(Cc1cccc(F)c1)c1cn[nH]n1. The van der Waals surface area contributed by atoms with Crippen LogP contribution in [0.15, 0.2) is 30.5 Å². The number of benzene rings is 1. The van der Waals surface area contributed by atoms with Gasteiger partial charge in [0.25, 0.3) is 0 Å². The topological polar surface area (TPSA) is 79.6 Å². The minimum Gasteiger partial charge on any atom is -0.271 e. The predicted octanol–water partition coefficient (Wildman–Crippen LogP) is 0.691. The Bertz CT molecular complexity index is 442. The minimum atomic E-state index is -0.256. The van der Waals surface area contributed by atoms with E-state index in [1.165, 1.54) is 12.1 Å². The highest BCUT2D eigenvalue weighted by molar-refractivity contribution is 5.19. The summed E-state index contributed by atoms with van der Waals surface area (Å²) in [7, 11) is 0. The van der Waals surface area contributed by atoms with Crippen molar-refractivity contribution in [3.63, 3.8) is 0 Å². The maximum absolute atomic E-state index is 13.0. The Hall–Kier alpha value is -1.79. The van der Waals surface area contributed by atoms with Crippen LogP contribution in [0.5, 0.6) is 0 Å². The van der Waals surface area contributed by atoms with Crippen LogP contribution in [0.1, 0.15) is 17.3 Å². The molecule has 0 radical (unpaired) electrons. The predicted molar refractivity (Wildman–Crippen MR) is 56.6 cm³/mol. The summed E-state index contributed by atoms with van der Waals surface area (Å²) < 4.78 is 13.0. The van der Waals surface area contributed by atoms with Gasteiger partial charge in [-0.2, -0.15) is 15.4 Å². The lowest BCUT2D eigenvalue weighted by Crippen LogP contribution is -2.29. The van der Waals surface area contributed by atoms with Gasteiger partial charge < -0.3 is 0 Å². The summed E-state index contributed by atoms with van der Waals surface area (Å²) in [5, 5.41) is 10.2. The zero-order chi connectivity index (χ0) is 11.4. The normalized spacial score (nSPS) is 12.6. The van der Waals surface area contributed by atoms with Crippen LogP contribution >= 0.6 is 0 Å². The van der Waals surface area contributed by atoms with Crippen LogP contribution in [0.3, 0.4) is 0 Å². The van der Waals surface area contributed by atoms with Crippen LogP contribution in [0.25, 0.3) is 0 Å². The molecule has 5 nitrogen and oxygen atoms in total. The van der Waals surface area contributed by atoms with Crippen molar-refractivity contribution in [2.24, 2.45) is 5.84 Å². The van der Waals surface area contributed by atoms with E-state index in [9.17, 15) is 4.39 Å². The first kappa shape index (κ1) is 10.7. The van der Waals surface area contributed by atoms with Gasteiger partial charge in [0.15, 0.2) is 0 Å². The number of nitrogens with one attached hydrogen (secondary N) is 2. The van der Waals surface area contributed by atoms with Gasteiger partial charge in [0.05, 0.1) is 12.2 Å². The lowest BCUT2D eigenvalue weighted by atomic mass is 10.0. The number of halogens is 1. The van der Waals surface area contributed by atoms with Gasteiger partial charge in [0, 0.05) is 0 Å². The molecule has 1 aromatic carbocycles. The molecule has 1 heterocycles. The van der Waals surface area contributed by atoms with Crippen molar-refractivity contribution in [2.75, 3.05) is 0 Å². The van der Waals surface area contributed by atoms with Gasteiger partial charge in [-0.25, -0.2) is 4.39 Å². The fourth-order valence-electron chi connectivity index (χ4n) is 1.53. The molecule has 0 aliphatic rings. The van der Waals surface area contributed by atoms with Crippen molar-refractivity contribution in [1.29, 1.82) is 0 Å². The minimum absolute atomic E-state index is 0.180. The molecule has 0 aliphatic carbocycles. The Kier molecular flexibility index (Phi) is 3.23. The Balaban J connectivity index is 2.13. The Morgan fingerprint density at radius 2 is 2.38 bits per heavy atom. The number of nitrogens with zero attached hydrogens (tertiary/aromatic N) is 2. The molecule has 1 aromatic heterocycles. The lowest BCUT2D eigenvalue weighted by molar-refractivity contribution is 0.534. The lowest BCUT2D eigenvalue weighted by Gasteiger charge is -2.12. The third-order valence-corrected chi connectivity index (χ3v) is 2.32. The van der Waals surface area contributed by atoms with Gasteiger partial charge in [-0.15, -0.1) is 0 Å². The molecule has 0 bridgehead atoms. The number of rotatable bonds is 4. The van der Waals surface area contributed by atoms with Gasteiger partial charge in [0.2, 0.25) is 0 Å². The van der Waals surface area contributed by atoms with Crippen molar-refractivity contribution in [3.8, 4) is 0 Å². The fraction of sp³-hybridized carbons (Fsp3) is 0.200. The van der Waals surface area contributed by atoms with Crippen molar-refractivity contribution in [1.82, 2.24) is 20.8 Å². The Morgan fingerprint density at radius 3 is 3.00 bits per heavy atom. The summed E-state index contributed by atoms with van der Waals surface area (Å²) in [5.74, 6) is 5.17. The molecule has 0 spiro atoms. The smallest absolute Gasteiger partial charge is 0.123 e. The van der Waals surface area contributed by atoms with E-state index in [0.29, 0.717) is 12.1 Å². The number of hydrazine groups is 1. The van der Waals surface area contributed by atoms with E-state index in [1.54, 1.807) is 12.3 Å². The highest BCUT2D eigenvalue weighted by Gasteiger charge is 2.13. The third-order valence-electron chi connectivity index (χ3n) is 2.32. The Morgan fingerprint density at radius 1 is 1.50 bits per heavy atom. The molecule has 2 rings (SSSR count). The van der Waals surface area contributed by atoms with Crippen molar-refractivity contribution >= 4 is 0 Å². The third kappa shape index (κ3) is 2.41. The molecule has 0 aliphatic heterocycles. The molecular weight excluding hydrogens is 209 g/mol. The van der Waals surface area contributed by atoms with Gasteiger partial charge >= 0.3 is 0 Å². The van der Waals surface area contributed by atoms with E-state index >= 15 is 0 Å². The number of H-pyrrole nitrogens is 1. The zero-order valence-corrected chi connectivity index (χ0v) is 8.52. The maximum Gasteiger partial charge on any atom is 0.123 e. The summed E-state index contributed by atoms with van der Waals surface area (Å²) in [6, 6.07) is 6.21. The van der Waals surface area contributed by atoms with E-state index in [-0.39, 0.29) is 11.9 Å². The van der Waals surface area contributed by atoms with E-state index in [1.807, 2.05) is 6.07 Å². The maximum atomic E-state index is 13.0. The van der Waals surface area contributed by atoms with Crippen LogP contribution in [-0.4, -0.2) is 15.4 Å². The first-order chi connectivity index (χ1) is 7.79. The van der Waals surface area contributed by atoms with E-state index in [0.717, 1.165) is 5.56 Å². The molecule has 0 saturated carbocycles. The van der Waals surface area contributed by atoms with Crippen molar-refractivity contribution < 1.29 is 4.39 Å².